The molecule has 1 amide bonds. The largest absolute Gasteiger partial charge is 0.484 e. The van der Waals surface area contributed by atoms with Crippen molar-refractivity contribution in [3.8, 4) is 5.75 Å². The van der Waals surface area contributed by atoms with E-state index in [-0.39, 0.29) is 18.6 Å². The summed E-state index contributed by atoms with van der Waals surface area (Å²) in [6.07, 6.45) is 0. The fourth-order valence-electron chi connectivity index (χ4n) is 2.54. The second kappa shape index (κ2) is 7.32. The normalized spacial score (nSPS) is 11.9. The molecule has 122 valence electrons. The number of carbonyl (C=O) groups is 1. The van der Waals surface area contributed by atoms with Crippen LogP contribution < -0.4 is 10.1 Å². The molecule has 0 radical (unpaired) electrons. The monoisotopic (exact) mass is 311 g/mol. The SMILES string of the molecule is Cc1ccc(C)c(C(C)NC(=O)COc2ccc(C)c(C)c2)c1. The lowest BCUT2D eigenvalue weighted by molar-refractivity contribution is -0.123. The van der Waals surface area contributed by atoms with Gasteiger partial charge in [-0.25, -0.2) is 0 Å². The van der Waals surface area contributed by atoms with Crippen LogP contribution in [0.25, 0.3) is 0 Å². The van der Waals surface area contributed by atoms with Crippen LogP contribution in [0.3, 0.4) is 0 Å². The summed E-state index contributed by atoms with van der Waals surface area (Å²) in [7, 11) is 0. The lowest BCUT2D eigenvalue weighted by Crippen LogP contribution is -2.31. The Morgan fingerprint density at radius 1 is 1.00 bits per heavy atom. The molecule has 0 spiro atoms. The van der Waals surface area contributed by atoms with Crippen molar-refractivity contribution < 1.29 is 9.53 Å². The van der Waals surface area contributed by atoms with Gasteiger partial charge in [0.2, 0.25) is 0 Å². The third-order valence-electron chi connectivity index (χ3n) is 4.13. The minimum absolute atomic E-state index is 0.0255. The van der Waals surface area contributed by atoms with E-state index in [0.717, 1.165) is 16.9 Å². The molecule has 0 fully saturated rings. The number of amides is 1. The zero-order valence-electron chi connectivity index (χ0n) is 14.6. The summed E-state index contributed by atoms with van der Waals surface area (Å²) in [6.45, 7) is 10.2. The molecular weight excluding hydrogens is 286 g/mol. The van der Waals surface area contributed by atoms with Crippen LogP contribution in [0.4, 0.5) is 0 Å². The van der Waals surface area contributed by atoms with Crippen LogP contribution in [0.1, 0.15) is 40.8 Å². The number of benzene rings is 2. The first kappa shape index (κ1) is 17.1. The number of nitrogens with one attached hydrogen (secondary N) is 1. The molecule has 2 rings (SSSR count). The summed E-state index contributed by atoms with van der Waals surface area (Å²) in [5, 5.41) is 3.00. The highest BCUT2D eigenvalue weighted by atomic mass is 16.5. The number of carbonyl (C=O) groups excluding carboxylic acids is 1. The van der Waals surface area contributed by atoms with E-state index in [0.29, 0.717) is 0 Å². The number of ether oxygens (including phenoxy) is 1. The average Bonchev–Trinajstić information content (AvgIpc) is 2.50. The maximum atomic E-state index is 12.1. The fourth-order valence-corrected chi connectivity index (χ4v) is 2.54. The predicted octanol–water partition coefficient (Wildman–Crippen LogP) is 4.18. The van der Waals surface area contributed by atoms with Crippen LogP contribution in [0.2, 0.25) is 0 Å². The van der Waals surface area contributed by atoms with Gasteiger partial charge in [0.1, 0.15) is 5.75 Å². The van der Waals surface area contributed by atoms with E-state index in [9.17, 15) is 4.79 Å². The minimum atomic E-state index is -0.114. The second-order valence-electron chi connectivity index (χ2n) is 6.18. The molecule has 1 unspecified atom stereocenters. The van der Waals surface area contributed by atoms with E-state index in [1.54, 1.807) is 0 Å². The van der Waals surface area contributed by atoms with E-state index in [1.807, 2.05) is 32.0 Å². The van der Waals surface area contributed by atoms with Gasteiger partial charge in [0, 0.05) is 0 Å². The third-order valence-corrected chi connectivity index (χ3v) is 4.13. The van der Waals surface area contributed by atoms with Gasteiger partial charge in [-0.2, -0.15) is 0 Å². The second-order valence-corrected chi connectivity index (χ2v) is 6.18. The molecule has 0 bridgehead atoms. The van der Waals surface area contributed by atoms with E-state index in [2.05, 4.69) is 44.3 Å². The van der Waals surface area contributed by atoms with Crippen molar-refractivity contribution in [1.82, 2.24) is 5.32 Å². The first-order valence-corrected chi connectivity index (χ1v) is 7.93. The molecule has 3 nitrogen and oxygen atoms in total. The molecule has 2 aromatic carbocycles. The van der Waals surface area contributed by atoms with Gasteiger partial charge in [-0.05, 0) is 69.0 Å². The fraction of sp³-hybridized carbons (Fsp3) is 0.350. The highest BCUT2D eigenvalue weighted by Gasteiger charge is 2.12. The number of rotatable bonds is 5. The van der Waals surface area contributed by atoms with Gasteiger partial charge in [0.25, 0.3) is 5.91 Å². The lowest BCUT2D eigenvalue weighted by atomic mass is 10.00. The zero-order valence-corrected chi connectivity index (χ0v) is 14.6. The van der Waals surface area contributed by atoms with Gasteiger partial charge in [-0.15, -0.1) is 0 Å². The molecule has 0 aromatic heterocycles. The summed E-state index contributed by atoms with van der Waals surface area (Å²) in [5.74, 6) is 0.610. The maximum absolute atomic E-state index is 12.1. The van der Waals surface area contributed by atoms with E-state index >= 15 is 0 Å². The number of aryl methyl sites for hydroxylation is 4. The molecule has 0 heterocycles. The van der Waals surface area contributed by atoms with E-state index in [4.69, 9.17) is 4.74 Å². The number of hydrogen-bond donors (Lipinski definition) is 1. The molecule has 2 aromatic rings. The Balaban J connectivity index is 1.93. The van der Waals surface area contributed by atoms with Gasteiger partial charge in [0.15, 0.2) is 6.61 Å². The summed E-state index contributed by atoms with van der Waals surface area (Å²) in [6, 6.07) is 12.1. The highest BCUT2D eigenvalue weighted by Crippen LogP contribution is 2.19. The Kier molecular flexibility index (Phi) is 5.43. The van der Waals surface area contributed by atoms with Crippen molar-refractivity contribution in [2.45, 2.75) is 40.7 Å². The minimum Gasteiger partial charge on any atom is -0.484 e. The van der Waals surface area contributed by atoms with Gasteiger partial charge in [0.05, 0.1) is 6.04 Å². The molecule has 0 aliphatic carbocycles. The Morgan fingerprint density at radius 2 is 1.70 bits per heavy atom. The van der Waals surface area contributed by atoms with Gasteiger partial charge < -0.3 is 10.1 Å². The molecular formula is C20H25NO2. The number of hydrogen-bond acceptors (Lipinski definition) is 2. The van der Waals surface area contributed by atoms with Crippen LogP contribution in [0, 0.1) is 27.7 Å². The van der Waals surface area contributed by atoms with Gasteiger partial charge in [-0.1, -0.05) is 29.8 Å². The van der Waals surface area contributed by atoms with Crippen molar-refractivity contribution >= 4 is 5.91 Å². The van der Waals surface area contributed by atoms with Gasteiger partial charge in [-0.3, -0.25) is 4.79 Å². The standard InChI is InChI=1S/C20H25NO2/c1-13-6-7-15(3)19(10-13)17(5)21-20(22)12-23-18-9-8-14(2)16(4)11-18/h6-11,17H,12H2,1-5H3,(H,21,22). The lowest BCUT2D eigenvalue weighted by Gasteiger charge is -2.17. The molecule has 0 aliphatic heterocycles. The van der Waals surface area contributed by atoms with Crippen molar-refractivity contribution in [2.75, 3.05) is 6.61 Å². The average molecular weight is 311 g/mol. The highest BCUT2D eigenvalue weighted by molar-refractivity contribution is 5.78. The molecule has 1 atom stereocenters. The van der Waals surface area contributed by atoms with Crippen LogP contribution in [-0.4, -0.2) is 12.5 Å². The molecule has 1 N–H and O–H groups in total. The smallest absolute Gasteiger partial charge is 0.258 e. The first-order chi connectivity index (χ1) is 10.9. The summed E-state index contributed by atoms with van der Waals surface area (Å²) >= 11 is 0. The zero-order chi connectivity index (χ0) is 17.0. The van der Waals surface area contributed by atoms with Crippen molar-refractivity contribution in [3.63, 3.8) is 0 Å². The van der Waals surface area contributed by atoms with E-state index in [1.165, 1.54) is 16.7 Å². The van der Waals surface area contributed by atoms with Crippen molar-refractivity contribution in [1.29, 1.82) is 0 Å². The molecule has 3 heteroatoms. The van der Waals surface area contributed by atoms with Crippen LogP contribution in [-0.2, 0) is 4.79 Å². The molecule has 0 saturated carbocycles. The summed E-state index contributed by atoms with van der Waals surface area (Å²) < 4.78 is 5.58. The Bertz CT molecular complexity index is 707. The molecule has 0 aliphatic rings. The quantitative estimate of drug-likeness (QED) is 0.899. The summed E-state index contributed by atoms with van der Waals surface area (Å²) in [5.41, 5.74) is 5.89. The van der Waals surface area contributed by atoms with Crippen LogP contribution >= 0.6 is 0 Å². The van der Waals surface area contributed by atoms with E-state index < -0.39 is 0 Å². The van der Waals surface area contributed by atoms with Crippen LogP contribution in [0.15, 0.2) is 36.4 Å². The molecule has 23 heavy (non-hydrogen) atoms. The first-order valence-electron chi connectivity index (χ1n) is 7.93. The predicted molar refractivity (Wildman–Crippen MR) is 93.9 cm³/mol. The third kappa shape index (κ3) is 4.59. The Hall–Kier alpha value is -2.29. The van der Waals surface area contributed by atoms with Gasteiger partial charge >= 0.3 is 0 Å². The maximum Gasteiger partial charge on any atom is 0.258 e. The molecule has 0 saturated heterocycles. The van der Waals surface area contributed by atoms with Crippen molar-refractivity contribution in [3.05, 3.63) is 64.2 Å². The Labute approximate surface area is 138 Å². The van der Waals surface area contributed by atoms with Crippen molar-refractivity contribution in [2.24, 2.45) is 0 Å². The topological polar surface area (TPSA) is 38.3 Å². The summed E-state index contributed by atoms with van der Waals surface area (Å²) in [4.78, 5) is 12.1. The van der Waals surface area contributed by atoms with Crippen LogP contribution in [0.5, 0.6) is 5.75 Å². The Morgan fingerprint density at radius 3 is 2.39 bits per heavy atom.